The molecule has 0 atom stereocenters. The fourth-order valence-electron chi connectivity index (χ4n) is 1.80. The van der Waals surface area contributed by atoms with Gasteiger partial charge in [-0.3, -0.25) is 0 Å². The van der Waals surface area contributed by atoms with Gasteiger partial charge in [0.25, 0.3) is 0 Å². The molecule has 0 bridgehead atoms. The molecule has 2 aromatic rings. The quantitative estimate of drug-likeness (QED) is 0.908. The van der Waals surface area contributed by atoms with Crippen LogP contribution in [0.2, 0.25) is 0 Å². The van der Waals surface area contributed by atoms with Crippen molar-refractivity contribution in [2.75, 3.05) is 7.11 Å². The highest BCUT2D eigenvalue weighted by Crippen LogP contribution is 2.23. The van der Waals surface area contributed by atoms with Crippen LogP contribution in [0.15, 0.2) is 53.0 Å². The van der Waals surface area contributed by atoms with Gasteiger partial charge in [-0.25, -0.2) is 0 Å². The van der Waals surface area contributed by atoms with Gasteiger partial charge in [0.1, 0.15) is 5.75 Å². The SMILES string of the molecule is COc1cc(Br)ccc1CNCc1ccccc1. The molecule has 0 heterocycles. The molecular weight excluding hydrogens is 290 g/mol. The van der Waals surface area contributed by atoms with Gasteiger partial charge in [-0.1, -0.05) is 52.3 Å². The van der Waals surface area contributed by atoms with Crippen LogP contribution in [0.4, 0.5) is 0 Å². The summed E-state index contributed by atoms with van der Waals surface area (Å²) in [4.78, 5) is 0. The van der Waals surface area contributed by atoms with Gasteiger partial charge in [0, 0.05) is 23.1 Å². The molecule has 0 unspecified atom stereocenters. The Morgan fingerprint density at radius 2 is 1.83 bits per heavy atom. The summed E-state index contributed by atoms with van der Waals surface area (Å²) in [6.45, 7) is 1.66. The molecule has 0 saturated carbocycles. The summed E-state index contributed by atoms with van der Waals surface area (Å²) in [6.07, 6.45) is 0. The third-order valence-corrected chi connectivity index (χ3v) is 3.23. The van der Waals surface area contributed by atoms with Crippen LogP contribution in [0.1, 0.15) is 11.1 Å². The van der Waals surface area contributed by atoms with Crippen molar-refractivity contribution in [1.82, 2.24) is 5.32 Å². The van der Waals surface area contributed by atoms with Crippen LogP contribution in [0.5, 0.6) is 5.75 Å². The Morgan fingerprint density at radius 1 is 1.06 bits per heavy atom. The number of benzene rings is 2. The molecule has 3 heteroatoms. The van der Waals surface area contributed by atoms with E-state index in [2.05, 4.69) is 51.6 Å². The van der Waals surface area contributed by atoms with Gasteiger partial charge in [0.05, 0.1) is 7.11 Å². The Balaban J connectivity index is 1.94. The van der Waals surface area contributed by atoms with Gasteiger partial charge in [-0.15, -0.1) is 0 Å². The molecule has 0 amide bonds. The minimum atomic E-state index is 0.797. The molecule has 18 heavy (non-hydrogen) atoms. The molecule has 2 aromatic carbocycles. The Labute approximate surface area is 116 Å². The Bertz CT molecular complexity index is 499. The first-order valence-corrected chi connectivity index (χ1v) is 6.66. The Morgan fingerprint density at radius 3 is 2.56 bits per heavy atom. The van der Waals surface area contributed by atoms with Crippen molar-refractivity contribution in [3.8, 4) is 5.75 Å². The first-order chi connectivity index (χ1) is 8.79. The molecule has 0 radical (unpaired) electrons. The standard InChI is InChI=1S/C15H16BrNO/c1-18-15-9-14(16)8-7-13(15)11-17-10-12-5-3-2-4-6-12/h2-9,17H,10-11H2,1H3. The number of nitrogens with one attached hydrogen (secondary N) is 1. The topological polar surface area (TPSA) is 21.3 Å². The van der Waals surface area contributed by atoms with Crippen LogP contribution in [0.25, 0.3) is 0 Å². The van der Waals surface area contributed by atoms with Crippen molar-refractivity contribution in [2.24, 2.45) is 0 Å². The van der Waals surface area contributed by atoms with E-state index >= 15 is 0 Å². The molecule has 2 rings (SSSR count). The fraction of sp³-hybridized carbons (Fsp3) is 0.200. The van der Waals surface area contributed by atoms with Gasteiger partial charge in [-0.2, -0.15) is 0 Å². The predicted octanol–water partition coefficient (Wildman–Crippen LogP) is 3.75. The third-order valence-electron chi connectivity index (χ3n) is 2.74. The average Bonchev–Trinajstić information content (AvgIpc) is 2.41. The maximum Gasteiger partial charge on any atom is 0.124 e. The lowest BCUT2D eigenvalue weighted by molar-refractivity contribution is 0.407. The monoisotopic (exact) mass is 305 g/mol. The number of rotatable bonds is 5. The second-order valence-electron chi connectivity index (χ2n) is 4.05. The van der Waals surface area contributed by atoms with E-state index in [0.717, 1.165) is 28.9 Å². The van der Waals surface area contributed by atoms with Crippen molar-refractivity contribution in [3.63, 3.8) is 0 Å². The molecule has 0 aromatic heterocycles. The molecule has 0 aliphatic carbocycles. The lowest BCUT2D eigenvalue weighted by Crippen LogP contribution is -2.13. The zero-order valence-electron chi connectivity index (χ0n) is 10.3. The zero-order valence-corrected chi connectivity index (χ0v) is 11.9. The van der Waals surface area contributed by atoms with E-state index in [1.54, 1.807) is 7.11 Å². The van der Waals surface area contributed by atoms with E-state index in [-0.39, 0.29) is 0 Å². The normalized spacial score (nSPS) is 10.3. The van der Waals surface area contributed by atoms with E-state index in [0.29, 0.717) is 0 Å². The maximum atomic E-state index is 5.36. The predicted molar refractivity (Wildman–Crippen MR) is 77.7 cm³/mol. The summed E-state index contributed by atoms with van der Waals surface area (Å²) in [6, 6.07) is 16.5. The van der Waals surface area contributed by atoms with E-state index in [1.165, 1.54) is 5.56 Å². The highest BCUT2D eigenvalue weighted by molar-refractivity contribution is 9.10. The lowest BCUT2D eigenvalue weighted by Gasteiger charge is -2.10. The van der Waals surface area contributed by atoms with E-state index in [9.17, 15) is 0 Å². The summed E-state index contributed by atoms with van der Waals surface area (Å²) in [5.74, 6) is 0.907. The van der Waals surface area contributed by atoms with Crippen LogP contribution in [0.3, 0.4) is 0 Å². The number of hydrogen-bond donors (Lipinski definition) is 1. The summed E-state index contributed by atoms with van der Waals surface area (Å²) in [5, 5.41) is 3.42. The lowest BCUT2D eigenvalue weighted by atomic mass is 10.2. The molecule has 0 spiro atoms. The highest BCUT2D eigenvalue weighted by atomic mass is 79.9. The summed E-state index contributed by atoms with van der Waals surface area (Å²) in [7, 11) is 1.70. The summed E-state index contributed by atoms with van der Waals surface area (Å²) >= 11 is 3.44. The minimum Gasteiger partial charge on any atom is -0.496 e. The molecule has 0 aliphatic heterocycles. The van der Waals surface area contributed by atoms with E-state index in [1.807, 2.05) is 18.2 Å². The smallest absolute Gasteiger partial charge is 0.124 e. The average molecular weight is 306 g/mol. The van der Waals surface area contributed by atoms with Crippen LogP contribution < -0.4 is 10.1 Å². The second kappa shape index (κ2) is 6.57. The van der Waals surface area contributed by atoms with Crippen molar-refractivity contribution < 1.29 is 4.74 Å². The molecular formula is C15H16BrNO. The summed E-state index contributed by atoms with van der Waals surface area (Å²) in [5.41, 5.74) is 2.45. The van der Waals surface area contributed by atoms with Crippen molar-refractivity contribution in [3.05, 3.63) is 64.1 Å². The fourth-order valence-corrected chi connectivity index (χ4v) is 2.14. The number of halogens is 1. The van der Waals surface area contributed by atoms with Crippen LogP contribution in [0, 0.1) is 0 Å². The zero-order chi connectivity index (χ0) is 12.8. The van der Waals surface area contributed by atoms with Gasteiger partial charge < -0.3 is 10.1 Å². The number of hydrogen-bond acceptors (Lipinski definition) is 2. The second-order valence-corrected chi connectivity index (χ2v) is 4.96. The Hall–Kier alpha value is -1.32. The molecule has 0 fully saturated rings. The number of methoxy groups -OCH3 is 1. The molecule has 0 aliphatic rings. The molecule has 2 nitrogen and oxygen atoms in total. The highest BCUT2D eigenvalue weighted by Gasteiger charge is 2.03. The van der Waals surface area contributed by atoms with Crippen LogP contribution >= 0.6 is 15.9 Å². The van der Waals surface area contributed by atoms with Gasteiger partial charge in [0.15, 0.2) is 0 Å². The van der Waals surface area contributed by atoms with Crippen LogP contribution in [-0.4, -0.2) is 7.11 Å². The molecule has 0 saturated heterocycles. The molecule has 94 valence electrons. The summed E-state index contributed by atoms with van der Waals surface area (Å²) < 4.78 is 6.39. The maximum absolute atomic E-state index is 5.36. The van der Waals surface area contributed by atoms with E-state index < -0.39 is 0 Å². The van der Waals surface area contributed by atoms with Crippen LogP contribution in [-0.2, 0) is 13.1 Å². The van der Waals surface area contributed by atoms with E-state index in [4.69, 9.17) is 4.74 Å². The first kappa shape index (κ1) is 13.1. The first-order valence-electron chi connectivity index (χ1n) is 5.86. The van der Waals surface area contributed by atoms with Crippen molar-refractivity contribution in [2.45, 2.75) is 13.1 Å². The number of ether oxygens (including phenoxy) is 1. The van der Waals surface area contributed by atoms with Gasteiger partial charge in [0.2, 0.25) is 0 Å². The third kappa shape index (κ3) is 3.59. The van der Waals surface area contributed by atoms with Crippen molar-refractivity contribution in [1.29, 1.82) is 0 Å². The Kier molecular flexibility index (Phi) is 4.79. The largest absolute Gasteiger partial charge is 0.496 e. The van der Waals surface area contributed by atoms with Gasteiger partial charge >= 0.3 is 0 Å². The van der Waals surface area contributed by atoms with Gasteiger partial charge in [-0.05, 0) is 17.7 Å². The minimum absolute atomic E-state index is 0.797. The molecule has 1 N–H and O–H groups in total. The van der Waals surface area contributed by atoms with Crippen molar-refractivity contribution >= 4 is 15.9 Å².